The van der Waals surface area contributed by atoms with Crippen LogP contribution in [0.5, 0.6) is 0 Å². The number of likely N-dealkylation sites (tertiary alicyclic amines) is 1. The van der Waals surface area contributed by atoms with E-state index in [4.69, 9.17) is 0 Å². The second-order valence-electron chi connectivity index (χ2n) is 4.51. The zero-order valence-electron chi connectivity index (χ0n) is 9.45. The van der Waals surface area contributed by atoms with Gasteiger partial charge in [-0.05, 0) is 25.5 Å². The molecule has 1 aromatic rings. The molecule has 0 unspecified atom stereocenters. The maximum atomic E-state index is 14.6. The number of rotatable bonds is 2. The Hall–Kier alpha value is -1.22. The van der Waals surface area contributed by atoms with Crippen LogP contribution in [0, 0.1) is 0 Å². The average Bonchev–Trinajstić information content (AvgIpc) is 2.33. The number of piperidine rings is 1. The third-order valence-corrected chi connectivity index (χ3v) is 3.34. The van der Waals surface area contributed by atoms with Crippen LogP contribution in [0.2, 0.25) is 0 Å². The molecule has 3 heteroatoms. The summed E-state index contributed by atoms with van der Waals surface area (Å²) in [5.41, 5.74) is 0.0833. The minimum absolute atomic E-state index is 0.532. The van der Waals surface area contributed by atoms with Crippen molar-refractivity contribution < 1.29 is 9.18 Å². The first-order valence-corrected chi connectivity index (χ1v) is 5.57. The number of hydrogen-bond donors (Lipinski definition) is 0. The van der Waals surface area contributed by atoms with Crippen LogP contribution in [-0.2, 0) is 5.67 Å². The van der Waals surface area contributed by atoms with Crippen molar-refractivity contribution in [3.63, 3.8) is 0 Å². The molecule has 1 heterocycles. The maximum absolute atomic E-state index is 14.6. The standard InChI is InChI=1S/C13H16FNO/c1-15-8-6-13(14,7-9-15)12-4-2-11(10-16)3-5-12/h2-5,10H,6-9H2,1H3. The highest BCUT2D eigenvalue weighted by Crippen LogP contribution is 2.36. The number of benzene rings is 1. The minimum Gasteiger partial charge on any atom is -0.306 e. The molecule has 0 saturated carbocycles. The van der Waals surface area contributed by atoms with Crippen molar-refractivity contribution in [2.45, 2.75) is 18.5 Å². The molecule has 1 saturated heterocycles. The van der Waals surface area contributed by atoms with Crippen LogP contribution >= 0.6 is 0 Å². The fourth-order valence-corrected chi connectivity index (χ4v) is 2.12. The van der Waals surface area contributed by atoms with E-state index in [1.807, 2.05) is 7.05 Å². The zero-order valence-corrected chi connectivity index (χ0v) is 9.45. The number of hydrogen-bond acceptors (Lipinski definition) is 2. The summed E-state index contributed by atoms with van der Waals surface area (Å²) in [7, 11) is 2.01. The fourth-order valence-electron chi connectivity index (χ4n) is 2.12. The summed E-state index contributed by atoms with van der Waals surface area (Å²) in [6.45, 7) is 1.57. The lowest BCUT2D eigenvalue weighted by Gasteiger charge is -2.34. The minimum atomic E-state index is -1.21. The van der Waals surface area contributed by atoms with Gasteiger partial charge in [0.05, 0.1) is 0 Å². The third kappa shape index (κ3) is 2.14. The molecule has 86 valence electrons. The van der Waals surface area contributed by atoms with Gasteiger partial charge in [-0.25, -0.2) is 4.39 Å². The highest BCUT2D eigenvalue weighted by atomic mass is 19.1. The summed E-state index contributed by atoms with van der Waals surface area (Å²) in [5.74, 6) is 0. The monoisotopic (exact) mass is 221 g/mol. The van der Waals surface area contributed by atoms with Crippen molar-refractivity contribution in [2.24, 2.45) is 0 Å². The molecular weight excluding hydrogens is 205 g/mol. The second kappa shape index (κ2) is 4.34. The molecule has 0 spiro atoms. The van der Waals surface area contributed by atoms with Crippen LogP contribution in [0.3, 0.4) is 0 Å². The van der Waals surface area contributed by atoms with Gasteiger partial charge >= 0.3 is 0 Å². The highest BCUT2D eigenvalue weighted by molar-refractivity contribution is 5.74. The molecule has 0 aliphatic carbocycles. The lowest BCUT2D eigenvalue weighted by molar-refractivity contribution is 0.0673. The quantitative estimate of drug-likeness (QED) is 0.715. The number of alkyl halides is 1. The number of carbonyl (C=O) groups is 1. The lowest BCUT2D eigenvalue weighted by atomic mass is 9.86. The average molecular weight is 221 g/mol. The summed E-state index contributed by atoms with van der Waals surface area (Å²) in [4.78, 5) is 12.7. The van der Waals surface area contributed by atoms with Gasteiger partial charge in [0, 0.05) is 18.7 Å². The van der Waals surface area contributed by atoms with Crippen molar-refractivity contribution in [2.75, 3.05) is 20.1 Å². The predicted octanol–water partition coefficient (Wildman–Crippen LogP) is 2.39. The number of carbonyl (C=O) groups excluding carboxylic acids is 1. The predicted molar refractivity (Wildman–Crippen MR) is 61.3 cm³/mol. The molecule has 0 N–H and O–H groups in total. The highest BCUT2D eigenvalue weighted by Gasteiger charge is 2.35. The topological polar surface area (TPSA) is 20.3 Å². The normalized spacial score (nSPS) is 20.6. The lowest BCUT2D eigenvalue weighted by Crippen LogP contribution is -2.37. The molecule has 16 heavy (non-hydrogen) atoms. The smallest absolute Gasteiger partial charge is 0.150 e. The second-order valence-corrected chi connectivity index (χ2v) is 4.51. The van der Waals surface area contributed by atoms with E-state index in [9.17, 15) is 9.18 Å². The largest absolute Gasteiger partial charge is 0.306 e. The van der Waals surface area contributed by atoms with Gasteiger partial charge in [-0.3, -0.25) is 4.79 Å². The van der Waals surface area contributed by atoms with E-state index >= 15 is 0 Å². The first kappa shape index (κ1) is 11.3. The fraction of sp³-hybridized carbons (Fsp3) is 0.462. The Bertz CT molecular complexity index is 366. The van der Waals surface area contributed by atoms with Crippen LogP contribution in [0.25, 0.3) is 0 Å². The molecule has 2 nitrogen and oxygen atoms in total. The first-order valence-electron chi connectivity index (χ1n) is 5.57. The molecule has 0 radical (unpaired) electrons. The Morgan fingerprint density at radius 2 is 1.81 bits per heavy atom. The Labute approximate surface area is 95.1 Å². The number of halogens is 1. The van der Waals surface area contributed by atoms with E-state index in [2.05, 4.69) is 4.90 Å². The van der Waals surface area contributed by atoms with Gasteiger partial charge in [0.25, 0.3) is 0 Å². The maximum Gasteiger partial charge on any atom is 0.150 e. The van der Waals surface area contributed by atoms with Crippen molar-refractivity contribution in [3.8, 4) is 0 Å². The van der Waals surface area contributed by atoms with Crippen LogP contribution < -0.4 is 0 Å². The Kier molecular flexibility index (Phi) is 3.06. The molecular formula is C13H16FNO. The van der Waals surface area contributed by atoms with E-state index in [1.54, 1.807) is 24.3 Å². The van der Waals surface area contributed by atoms with E-state index in [0.29, 0.717) is 24.0 Å². The van der Waals surface area contributed by atoms with Crippen molar-refractivity contribution >= 4 is 6.29 Å². The van der Waals surface area contributed by atoms with Crippen LogP contribution in [0.4, 0.5) is 4.39 Å². The van der Waals surface area contributed by atoms with E-state index in [0.717, 1.165) is 19.4 Å². The summed E-state index contributed by atoms with van der Waals surface area (Å²) < 4.78 is 14.6. The Morgan fingerprint density at radius 1 is 1.25 bits per heavy atom. The van der Waals surface area contributed by atoms with E-state index in [-0.39, 0.29) is 0 Å². The molecule has 0 atom stereocenters. The van der Waals surface area contributed by atoms with Gasteiger partial charge in [0.2, 0.25) is 0 Å². The number of nitrogens with zero attached hydrogens (tertiary/aromatic N) is 1. The molecule has 2 rings (SSSR count). The van der Waals surface area contributed by atoms with Crippen molar-refractivity contribution in [1.82, 2.24) is 4.90 Å². The summed E-state index contributed by atoms with van der Waals surface area (Å²) >= 11 is 0. The van der Waals surface area contributed by atoms with Gasteiger partial charge in [-0.15, -0.1) is 0 Å². The van der Waals surface area contributed by atoms with Gasteiger partial charge in [-0.1, -0.05) is 24.3 Å². The Balaban J connectivity index is 2.19. The van der Waals surface area contributed by atoms with Crippen molar-refractivity contribution in [3.05, 3.63) is 35.4 Å². The zero-order chi connectivity index (χ0) is 11.6. The van der Waals surface area contributed by atoms with E-state index in [1.165, 1.54) is 0 Å². The van der Waals surface area contributed by atoms with Gasteiger partial charge < -0.3 is 4.90 Å². The van der Waals surface area contributed by atoms with Crippen LogP contribution in [0.1, 0.15) is 28.8 Å². The van der Waals surface area contributed by atoms with Crippen LogP contribution in [-0.4, -0.2) is 31.3 Å². The summed E-state index contributed by atoms with van der Waals surface area (Å²) in [6, 6.07) is 6.83. The summed E-state index contributed by atoms with van der Waals surface area (Å²) in [5, 5.41) is 0. The van der Waals surface area contributed by atoms with Crippen LogP contribution in [0.15, 0.2) is 24.3 Å². The molecule has 1 aromatic carbocycles. The van der Waals surface area contributed by atoms with Gasteiger partial charge in [0.15, 0.2) is 0 Å². The first-order chi connectivity index (χ1) is 7.64. The SMILES string of the molecule is CN1CCC(F)(c2ccc(C=O)cc2)CC1. The molecule has 0 bridgehead atoms. The van der Waals surface area contributed by atoms with Crippen molar-refractivity contribution in [1.29, 1.82) is 0 Å². The van der Waals surface area contributed by atoms with Gasteiger partial charge in [-0.2, -0.15) is 0 Å². The summed E-state index contributed by atoms with van der Waals surface area (Å²) in [6.07, 6.45) is 1.84. The molecule has 0 aromatic heterocycles. The molecule has 1 aliphatic heterocycles. The molecule has 0 amide bonds. The Morgan fingerprint density at radius 3 is 2.31 bits per heavy atom. The molecule has 1 fully saturated rings. The third-order valence-electron chi connectivity index (χ3n) is 3.34. The molecule has 1 aliphatic rings. The van der Waals surface area contributed by atoms with Gasteiger partial charge in [0.1, 0.15) is 12.0 Å². The van der Waals surface area contributed by atoms with E-state index < -0.39 is 5.67 Å². The number of aldehydes is 1.